The van der Waals surface area contributed by atoms with Crippen LogP contribution in [0.3, 0.4) is 0 Å². The van der Waals surface area contributed by atoms with Crippen molar-refractivity contribution in [2.45, 2.75) is 77.7 Å². The molecule has 2 aromatic rings. The highest BCUT2D eigenvalue weighted by molar-refractivity contribution is 5.95. The maximum Gasteiger partial charge on any atom is 0.274 e. The smallest absolute Gasteiger partial charge is 0.274 e. The van der Waals surface area contributed by atoms with Gasteiger partial charge in [0, 0.05) is 42.4 Å². The molecule has 4 heterocycles. The van der Waals surface area contributed by atoms with Crippen molar-refractivity contribution in [1.82, 2.24) is 25.1 Å². The van der Waals surface area contributed by atoms with Gasteiger partial charge in [0.2, 0.25) is 5.91 Å². The van der Waals surface area contributed by atoms with E-state index in [9.17, 15) is 9.59 Å². The van der Waals surface area contributed by atoms with Crippen LogP contribution in [0.25, 0.3) is 0 Å². The van der Waals surface area contributed by atoms with Crippen LogP contribution in [0.2, 0.25) is 0 Å². The van der Waals surface area contributed by atoms with Gasteiger partial charge in [0.05, 0.1) is 6.04 Å². The van der Waals surface area contributed by atoms with Gasteiger partial charge in [-0.05, 0) is 57.4 Å². The molecule has 3 aliphatic rings. The number of likely N-dealkylation sites (tertiary alicyclic amines) is 1. The number of fused-ring (bicyclic) bond motifs is 1. The van der Waals surface area contributed by atoms with E-state index < -0.39 is 0 Å². The van der Waals surface area contributed by atoms with Crippen LogP contribution in [-0.2, 0) is 11.2 Å². The first kappa shape index (κ1) is 21.1. The molecule has 1 aliphatic carbocycles. The lowest BCUT2D eigenvalue weighted by molar-refractivity contribution is -0.119. The number of hydrogen-bond donors (Lipinski definition) is 1. The normalized spacial score (nSPS) is 20.9. The Morgan fingerprint density at radius 1 is 1.22 bits per heavy atom. The average molecular weight is 437 g/mol. The van der Waals surface area contributed by atoms with Crippen LogP contribution in [-0.4, -0.2) is 50.0 Å². The first-order valence-corrected chi connectivity index (χ1v) is 12.0. The number of carbonyl (C=O) groups is 2. The molecule has 2 aliphatic heterocycles. The first-order valence-electron chi connectivity index (χ1n) is 12.0. The summed E-state index contributed by atoms with van der Waals surface area (Å²) >= 11 is 0. The molecule has 0 radical (unpaired) electrons. The Morgan fingerprint density at radius 3 is 2.78 bits per heavy atom. The van der Waals surface area contributed by atoms with Crippen molar-refractivity contribution in [1.29, 1.82) is 0 Å². The van der Waals surface area contributed by atoms with E-state index >= 15 is 0 Å². The third kappa shape index (κ3) is 3.91. The molecule has 8 nitrogen and oxygen atoms in total. The minimum atomic E-state index is -0.184. The summed E-state index contributed by atoms with van der Waals surface area (Å²) in [7, 11) is 0. The van der Waals surface area contributed by atoms with Crippen LogP contribution >= 0.6 is 0 Å². The van der Waals surface area contributed by atoms with Gasteiger partial charge in [-0.15, -0.1) is 0 Å². The summed E-state index contributed by atoms with van der Waals surface area (Å²) in [4.78, 5) is 39.4. The molecule has 170 valence electrons. The van der Waals surface area contributed by atoms with Crippen molar-refractivity contribution in [3.63, 3.8) is 0 Å². The highest BCUT2D eigenvalue weighted by Gasteiger charge is 2.36. The molecule has 32 heavy (non-hydrogen) atoms. The molecule has 0 unspecified atom stereocenters. The van der Waals surface area contributed by atoms with Gasteiger partial charge >= 0.3 is 0 Å². The highest BCUT2D eigenvalue weighted by atomic mass is 16.2. The Kier molecular flexibility index (Phi) is 5.47. The number of nitrogens with zero attached hydrogens (tertiary/aromatic N) is 5. The second-order valence-electron chi connectivity index (χ2n) is 9.84. The Balaban J connectivity index is 1.43. The summed E-state index contributed by atoms with van der Waals surface area (Å²) in [6.07, 6.45) is 6.18. The number of H-pyrrole nitrogens is 1. The van der Waals surface area contributed by atoms with Gasteiger partial charge in [0.1, 0.15) is 11.5 Å². The van der Waals surface area contributed by atoms with Gasteiger partial charge in [0.25, 0.3) is 5.91 Å². The SMILES string of the molecule is Cc1nc([C@H]2CCCN2C(=O)c2cc(C3CC3)[nH]n2)nc2c1CCC(=O)N2CCC(C)C. The van der Waals surface area contributed by atoms with E-state index in [1.165, 1.54) is 0 Å². The molecule has 2 amide bonds. The zero-order valence-corrected chi connectivity index (χ0v) is 19.2. The van der Waals surface area contributed by atoms with Gasteiger partial charge in [-0.25, -0.2) is 9.97 Å². The zero-order valence-electron chi connectivity index (χ0n) is 19.2. The molecule has 2 aromatic heterocycles. The number of amides is 2. The van der Waals surface area contributed by atoms with Crippen LogP contribution in [0.4, 0.5) is 5.82 Å². The van der Waals surface area contributed by atoms with E-state index in [0.29, 0.717) is 49.3 Å². The van der Waals surface area contributed by atoms with Gasteiger partial charge in [0.15, 0.2) is 5.82 Å². The first-order chi connectivity index (χ1) is 15.4. The number of hydrogen-bond acceptors (Lipinski definition) is 5. The summed E-state index contributed by atoms with van der Waals surface area (Å²) in [6, 6.07) is 1.72. The maximum atomic E-state index is 13.3. The molecule has 5 rings (SSSR count). The van der Waals surface area contributed by atoms with Crippen LogP contribution in [0, 0.1) is 12.8 Å². The number of aromatic nitrogens is 4. The Labute approximate surface area is 188 Å². The van der Waals surface area contributed by atoms with E-state index in [0.717, 1.165) is 54.9 Å². The molecule has 0 bridgehead atoms. The van der Waals surface area contributed by atoms with Crippen LogP contribution in [0.15, 0.2) is 6.07 Å². The number of anilines is 1. The monoisotopic (exact) mass is 436 g/mol. The quantitative estimate of drug-likeness (QED) is 0.745. The lowest BCUT2D eigenvalue weighted by atomic mass is 10.0. The van der Waals surface area contributed by atoms with E-state index in [4.69, 9.17) is 9.97 Å². The molecule has 8 heteroatoms. The van der Waals surface area contributed by atoms with Crippen LogP contribution in [0.5, 0.6) is 0 Å². The largest absolute Gasteiger partial charge is 0.327 e. The summed E-state index contributed by atoms with van der Waals surface area (Å²) in [5.41, 5.74) is 3.52. The van der Waals surface area contributed by atoms with Crippen molar-refractivity contribution >= 4 is 17.6 Å². The fourth-order valence-electron chi connectivity index (χ4n) is 4.85. The van der Waals surface area contributed by atoms with Crippen molar-refractivity contribution in [3.8, 4) is 0 Å². The topological polar surface area (TPSA) is 95.1 Å². The average Bonchev–Trinajstić information content (AvgIpc) is 3.29. The van der Waals surface area contributed by atoms with Crippen LogP contribution in [0.1, 0.15) is 97.6 Å². The fraction of sp³-hybridized carbons (Fsp3) is 0.625. The number of rotatable bonds is 6. The zero-order chi connectivity index (χ0) is 22.4. The van der Waals surface area contributed by atoms with Gasteiger partial charge in [-0.3, -0.25) is 19.6 Å². The number of aryl methyl sites for hydroxylation is 1. The maximum absolute atomic E-state index is 13.3. The van der Waals surface area contributed by atoms with E-state index in [1.807, 2.05) is 22.8 Å². The second kappa shape index (κ2) is 8.30. The van der Waals surface area contributed by atoms with E-state index in [-0.39, 0.29) is 17.9 Å². The molecule has 1 N–H and O–H groups in total. The fourth-order valence-corrected chi connectivity index (χ4v) is 4.85. The minimum Gasteiger partial charge on any atom is -0.327 e. The summed E-state index contributed by atoms with van der Waals surface area (Å²) in [5, 5.41) is 7.33. The number of carbonyl (C=O) groups excluding carboxylic acids is 2. The molecule has 2 fully saturated rings. The summed E-state index contributed by atoms with van der Waals surface area (Å²) in [5.74, 6) is 2.49. The lowest BCUT2D eigenvalue weighted by Gasteiger charge is -2.31. The van der Waals surface area contributed by atoms with Crippen molar-refractivity contribution < 1.29 is 9.59 Å². The lowest BCUT2D eigenvalue weighted by Crippen LogP contribution is -2.38. The molecular weight excluding hydrogens is 404 g/mol. The van der Waals surface area contributed by atoms with Gasteiger partial charge in [-0.1, -0.05) is 13.8 Å². The molecular formula is C24H32N6O2. The van der Waals surface area contributed by atoms with Gasteiger partial charge < -0.3 is 4.90 Å². The molecule has 0 spiro atoms. The van der Waals surface area contributed by atoms with Crippen molar-refractivity contribution in [2.24, 2.45) is 5.92 Å². The standard InChI is InChI=1S/C24H32N6O2/c1-14(2)10-12-30-21(31)9-8-17-15(3)25-22(26-23(17)30)20-5-4-11-29(20)24(32)19-13-18(27-28-19)16-6-7-16/h13-14,16,20H,4-12H2,1-3H3,(H,27,28)/t20-/m1/s1. The molecule has 1 saturated carbocycles. The Hall–Kier alpha value is -2.77. The Morgan fingerprint density at radius 2 is 2.03 bits per heavy atom. The van der Waals surface area contributed by atoms with E-state index in [1.54, 1.807) is 0 Å². The Bertz CT molecular complexity index is 1040. The van der Waals surface area contributed by atoms with Crippen molar-refractivity contribution in [3.05, 3.63) is 34.5 Å². The number of nitrogens with one attached hydrogen (secondary N) is 1. The summed E-state index contributed by atoms with van der Waals surface area (Å²) in [6.45, 7) is 7.67. The number of aromatic amines is 1. The molecule has 1 atom stereocenters. The third-order valence-corrected chi connectivity index (χ3v) is 6.93. The van der Waals surface area contributed by atoms with Crippen LogP contribution < -0.4 is 4.90 Å². The van der Waals surface area contributed by atoms with E-state index in [2.05, 4.69) is 24.0 Å². The molecule has 0 aromatic carbocycles. The summed E-state index contributed by atoms with van der Waals surface area (Å²) < 4.78 is 0. The molecule has 1 saturated heterocycles. The van der Waals surface area contributed by atoms with Gasteiger partial charge in [-0.2, -0.15) is 5.10 Å². The predicted octanol–water partition coefficient (Wildman–Crippen LogP) is 3.69. The predicted molar refractivity (Wildman–Crippen MR) is 120 cm³/mol. The third-order valence-electron chi connectivity index (χ3n) is 6.93. The second-order valence-corrected chi connectivity index (χ2v) is 9.84. The van der Waals surface area contributed by atoms with Crippen molar-refractivity contribution in [2.75, 3.05) is 18.0 Å². The minimum absolute atomic E-state index is 0.0673. The highest BCUT2D eigenvalue weighted by Crippen LogP contribution is 2.40.